The van der Waals surface area contributed by atoms with Crippen LogP contribution < -0.4 is 10.5 Å². The first-order chi connectivity index (χ1) is 9.93. The molecule has 1 aromatic heterocycles. The van der Waals surface area contributed by atoms with Gasteiger partial charge in [-0.05, 0) is 55.2 Å². The van der Waals surface area contributed by atoms with Crippen LogP contribution in [0.5, 0.6) is 0 Å². The van der Waals surface area contributed by atoms with Gasteiger partial charge < -0.3 is 5.32 Å². The average Bonchev–Trinajstić information content (AvgIpc) is 2.98. The third-order valence-electron chi connectivity index (χ3n) is 3.41. The number of nitrogens with two attached hydrogens (primary N) is 1. The van der Waals surface area contributed by atoms with Crippen LogP contribution in [0.2, 0.25) is 0 Å². The lowest BCUT2D eigenvalue weighted by molar-refractivity contribution is 0.103. The highest BCUT2D eigenvalue weighted by atomic mass is 32.2. The number of benzene rings is 1. The lowest BCUT2D eigenvalue weighted by Crippen LogP contribution is -2.13. The van der Waals surface area contributed by atoms with Crippen LogP contribution in [0.1, 0.15) is 26.5 Å². The Hall–Kier alpha value is -1.70. The summed E-state index contributed by atoms with van der Waals surface area (Å²) < 4.78 is 22.3. The maximum absolute atomic E-state index is 12.2. The Bertz CT molecular complexity index is 771. The van der Waals surface area contributed by atoms with Crippen molar-refractivity contribution in [2.75, 3.05) is 5.32 Å². The molecule has 0 atom stereocenters. The Morgan fingerprint density at radius 3 is 2.52 bits per heavy atom. The number of hydrogen-bond acceptors (Lipinski definition) is 4. The molecule has 110 valence electrons. The molecule has 3 rings (SSSR count). The van der Waals surface area contributed by atoms with Crippen LogP contribution in [0.15, 0.2) is 35.2 Å². The number of amides is 1. The molecule has 5 nitrogen and oxygen atoms in total. The number of nitrogens with one attached hydrogen (secondary N) is 1. The summed E-state index contributed by atoms with van der Waals surface area (Å²) in [6.45, 7) is 0. The van der Waals surface area contributed by atoms with Gasteiger partial charge in [-0.15, -0.1) is 11.3 Å². The lowest BCUT2D eigenvalue weighted by Gasteiger charge is -2.04. The molecule has 0 radical (unpaired) electrons. The van der Waals surface area contributed by atoms with E-state index in [1.165, 1.54) is 46.0 Å². The molecule has 21 heavy (non-hydrogen) atoms. The Labute approximate surface area is 126 Å². The molecule has 0 saturated heterocycles. The van der Waals surface area contributed by atoms with Gasteiger partial charge in [-0.1, -0.05) is 0 Å². The first-order valence-corrected chi connectivity index (χ1v) is 8.85. The summed E-state index contributed by atoms with van der Waals surface area (Å²) in [7, 11) is -3.71. The first-order valence-electron chi connectivity index (χ1n) is 6.49. The van der Waals surface area contributed by atoms with Crippen LogP contribution in [0.3, 0.4) is 0 Å². The molecule has 1 aliphatic rings. The van der Waals surface area contributed by atoms with Gasteiger partial charge in [-0.25, -0.2) is 13.6 Å². The number of aryl methyl sites for hydroxylation is 2. The van der Waals surface area contributed by atoms with Gasteiger partial charge in [0.1, 0.15) is 0 Å². The molecule has 7 heteroatoms. The molecule has 2 aromatic rings. The maximum Gasteiger partial charge on any atom is 0.265 e. The second kappa shape index (κ2) is 5.25. The zero-order valence-corrected chi connectivity index (χ0v) is 12.8. The quantitative estimate of drug-likeness (QED) is 0.907. The second-order valence-corrected chi connectivity index (χ2v) is 7.63. The zero-order chi connectivity index (χ0) is 15.0. The molecular formula is C14H14N2O3S2. The molecule has 1 amide bonds. The molecule has 0 spiro atoms. The summed E-state index contributed by atoms with van der Waals surface area (Å²) in [4.78, 5) is 14.2. The van der Waals surface area contributed by atoms with Gasteiger partial charge >= 0.3 is 0 Å². The fourth-order valence-corrected chi connectivity index (χ4v) is 4.03. The van der Waals surface area contributed by atoms with E-state index < -0.39 is 10.0 Å². The minimum absolute atomic E-state index is 0.0237. The maximum atomic E-state index is 12.2. The smallest absolute Gasteiger partial charge is 0.265 e. The molecule has 3 N–H and O–H groups in total. The van der Waals surface area contributed by atoms with Gasteiger partial charge in [-0.3, -0.25) is 4.79 Å². The molecule has 1 aliphatic carbocycles. The molecule has 0 aliphatic heterocycles. The number of thiophene rings is 1. The predicted molar refractivity (Wildman–Crippen MR) is 82.1 cm³/mol. The Balaban J connectivity index is 1.75. The highest BCUT2D eigenvalue weighted by Crippen LogP contribution is 2.31. The number of carbonyl (C=O) groups excluding carboxylic acids is 1. The number of hydrogen-bond donors (Lipinski definition) is 2. The predicted octanol–water partition coefficient (Wildman–Crippen LogP) is 2.14. The van der Waals surface area contributed by atoms with E-state index in [1.807, 2.05) is 6.07 Å². The molecule has 1 heterocycles. The van der Waals surface area contributed by atoms with Crippen molar-refractivity contribution >= 4 is 33.0 Å². The van der Waals surface area contributed by atoms with Crippen molar-refractivity contribution < 1.29 is 13.2 Å². The lowest BCUT2D eigenvalue weighted by atomic mass is 10.2. The molecule has 0 unspecified atom stereocenters. The van der Waals surface area contributed by atoms with Gasteiger partial charge in [-0.2, -0.15) is 0 Å². The van der Waals surface area contributed by atoms with Crippen LogP contribution in [0.25, 0.3) is 0 Å². The van der Waals surface area contributed by atoms with E-state index in [0.29, 0.717) is 10.6 Å². The van der Waals surface area contributed by atoms with Gasteiger partial charge in [0.15, 0.2) is 0 Å². The number of rotatable bonds is 3. The van der Waals surface area contributed by atoms with Crippen LogP contribution in [-0.4, -0.2) is 14.3 Å². The fourth-order valence-electron chi connectivity index (χ4n) is 2.36. The van der Waals surface area contributed by atoms with Crippen molar-refractivity contribution in [3.8, 4) is 0 Å². The van der Waals surface area contributed by atoms with Crippen molar-refractivity contribution in [3.63, 3.8) is 0 Å². The normalized spacial score (nSPS) is 14.0. The molecule has 0 fully saturated rings. The summed E-state index contributed by atoms with van der Waals surface area (Å²) >= 11 is 1.53. The highest BCUT2D eigenvalue weighted by Gasteiger charge is 2.18. The summed E-state index contributed by atoms with van der Waals surface area (Å²) in [5, 5.41) is 7.79. The average molecular weight is 322 g/mol. The van der Waals surface area contributed by atoms with E-state index in [4.69, 9.17) is 5.14 Å². The standard InChI is InChI=1S/C14H14N2O3S2/c15-21(18,19)11-6-4-10(5-7-11)16-14(17)13-8-9-2-1-3-12(9)20-13/h4-8H,1-3H2,(H,16,17)(H2,15,18,19). The third-order valence-corrected chi connectivity index (χ3v) is 5.58. The van der Waals surface area contributed by atoms with Crippen molar-refractivity contribution in [2.24, 2.45) is 5.14 Å². The van der Waals surface area contributed by atoms with E-state index in [9.17, 15) is 13.2 Å². The van der Waals surface area contributed by atoms with Crippen molar-refractivity contribution in [2.45, 2.75) is 24.2 Å². The van der Waals surface area contributed by atoms with Gasteiger partial charge in [0.2, 0.25) is 10.0 Å². The largest absolute Gasteiger partial charge is 0.321 e. The van der Waals surface area contributed by atoms with Crippen molar-refractivity contribution in [3.05, 3.63) is 45.6 Å². The topological polar surface area (TPSA) is 89.3 Å². The fraction of sp³-hybridized carbons (Fsp3) is 0.214. The summed E-state index contributed by atoms with van der Waals surface area (Å²) in [6, 6.07) is 7.75. The Kier molecular flexibility index (Phi) is 3.56. The monoisotopic (exact) mass is 322 g/mol. The number of anilines is 1. The van der Waals surface area contributed by atoms with Crippen LogP contribution >= 0.6 is 11.3 Å². The van der Waals surface area contributed by atoms with E-state index in [1.54, 1.807) is 0 Å². The summed E-state index contributed by atoms with van der Waals surface area (Å²) in [5.41, 5.74) is 1.82. The van der Waals surface area contributed by atoms with Crippen molar-refractivity contribution in [1.82, 2.24) is 0 Å². The highest BCUT2D eigenvalue weighted by molar-refractivity contribution is 7.89. The van der Waals surface area contributed by atoms with Crippen LogP contribution in [0.4, 0.5) is 5.69 Å². The molecular weight excluding hydrogens is 308 g/mol. The van der Waals surface area contributed by atoms with E-state index in [-0.39, 0.29) is 10.8 Å². The molecule has 0 saturated carbocycles. The SMILES string of the molecule is NS(=O)(=O)c1ccc(NC(=O)c2cc3c(s2)CCC3)cc1. The Morgan fingerprint density at radius 2 is 1.90 bits per heavy atom. The second-order valence-electron chi connectivity index (χ2n) is 4.94. The molecule has 0 bridgehead atoms. The van der Waals surface area contributed by atoms with Gasteiger partial charge in [0, 0.05) is 10.6 Å². The minimum Gasteiger partial charge on any atom is -0.321 e. The number of carbonyl (C=O) groups is 1. The Morgan fingerprint density at radius 1 is 1.19 bits per heavy atom. The van der Waals surface area contributed by atoms with Crippen LogP contribution in [-0.2, 0) is 22.9 Å². The van der Waals surface area contributed by atoms with Gasteiger partial charge in [0.25, 0.3) is 5.91 Å². The number of fused-ring (bicyclic) bond motifs is 1. The van der Waals surface area contributed by atoms with E-state index in [0.717, 1.165) is 19.3 Å². The van der Waals surface area contributed by atoms with E-state index in [2.05, 4.69) is 5.32 Å². The number of sulfonamides is 1. The number of primary sulfonamides is 1. The first kappa shape index (κ1) is 14.2. The summed E-state index contributed by atoms with van der Waals surface area (Å²) in [6.07, 6.45) is 3.26. The van der Waals surface area contributed by atoms with Crippen molar-refractivity contribution in [1.29, 1.82) is 0 Å². The van der Waals surface area contributed by atoms with Crippen LogP contribution in [0, 0.1) is 0 Å². The summed E-state index contributed by atoms with van der Waals surface area (Å²) in [5.74, 6) is -0.169. The zero-order valence-electron chi connectivity index (χ0n) is 11.1. The third kappa shape index (κ3) is 2.99. The minimum atomic E-state index is -3.71. The van der Waals surface area contributed by atoms with E-state index >= 15 is 0 Å². The van der Waals surface area contributed by atoms with Gasteiger partial charge in [0.05, 0.1) is 9.77 Å². The molecule has 1 aromatic carbocycles.